The van der Waals surface area contributed by atoms with Gasteiger partial charge in [0.2, 0.25) is 0 Å². The van der Waals surface area contributed by atoms with E-state index in [1.165, 1.54) is 16.4 Å². The highest BCUT2D eigenvalue weighted by Crippen LogP contribution is 2.40. The molecule has 0 aliphatic carbocycles. The van der Waals surface area contributed by atoms with Gasteiger partial charge >= 0.3 is 0 Å². The normalized spacial score (nSPS) is 17.3. The van der Waals surface area contributed by atoms with E-state index in [1.807, 2.05) is 0 Å². The molecule has 0 aliphatic heterocycles. The van der Waals surface area contributed by atoms with Gasteiger partial charge in [-0.3, -0.25) is 0 Å². The van der Waals surface area contributed by atoms with Crippen LogP contribution in [-0.2, 0) is 8.85 Å². The smallest absolute Gasteiger partial charge is 0.192 e. The molecule has 0 heterocycles. The van der Waals surface area contributed by atoms with Crippen LogP contribution >= 0.6 is 22.6 Å². The molecule has 0 aliphatic rings. The summed E-state index contributed by atoms with van der Waals surface area (Å²) in [6.45, 7) is 32.8. The highest BCUT2D eigenvalue weighted by molar-refractivity contribution is 14.1. The number of rotatable bonds is 11. The monoisotopic (exact) mass is 540 g/mol. The van der Waals surface area contributed by atoms with Gasteiger partial charge in [0.15, 0.2) is 16.6 Å². The summed E-state index contributed by atoms with van der Waals surface area (Å²) in [7, 11) is -3.58. The second-order valence-electron chi connectivity index (χ2n) is 11.8. The first kappa shape index (κ1) is 28.8. The lowest BCUT2D eigenvalue weighted by molar-refractivity contribution is 0.0945. The number of hydrogen-bond donors (Lipinski definition) is 0. The van der Waals surface area contributed by atoms with Gasteiger partial charge in [-0.05, 0) is 93.5 Å². The molecule has 3 atom stereocenters. The summed E-state index contributed by atoms with van der Waals surface area (Å²) in [5.74, 6) is 1.26. The predicted octanol–water partition coefficient (Wildman–Crippen LogP) is 8.79. The molecule has 168 valence electrons. The Morgan fingerprint density at radius 2 is 1.36 bits per heavy atom. The van der Waals surface area contributed by atoms with Crippen molar-refractivity contribution in [1.29, 1.82) is 0 Å². The van der Waals surface area contributed by atoms with Crippen LogP contribution in [0.5, 0.6) is 0 Å². The van der Waals surface area contributed by atoms with Crippen LogP contribution in [0.1, 0.15) is 74.7 Å². The van der Waals surface area contributed by atoms with E-state index < -0.39 is 16.6 Å². The van der Waals surface area contributed by atoms with E-state index >= 15 is 0 Å². The lowest BCUT2D eigenvalue weighted by atomic mass is 9.93. The van der Waals surface area contributed by atoms with E-state index in [1.54, 1.807) is 0 Å². The molecule has 0 fully saturated rings. The Morgan fingerprint density at radius 1 is 0.893 bits per heavy atom. The number of allylic oxidation sites excluding steroid dienone is 1. The van der Waals surface area contributed by atoms with Gasteiger partial charge in [-0.2, -0.15) is 0 Å². The summed E-state index contributed by atoms with van der Waals surface area (Å²) in [5.41, 5.74) is 0. The highest BCUT2D eigenvalue weighted by atomic mass is 127. The number of halogens is 1. The van der Waals surface area contributed by atoms with Crippen molar-refractivity contribution in [2.24, 2.45) is 11.8 Å². The maximum Gasteiger partial charge on any atom is 0.192 e. The van der Waals surface area contributed by atoms with Crippen LogP contribution in [0.4, 0.5) is 0 Å². The molecule has 0 rings (SSSR count). The molecule has 0 spiro atoms. The fourth-order valence-electron chi connectivity index (χ4n) is 2.61. The van der Waals surface area contributed by atoms with Crippen LogP contribution in [-0.4, -0.2) is 29.3 Å². The van der Waals surface area contributed by atoms with Gasteiger partial charge in [0.25, 0.3) is 0 Å². The summed E-state index contributed by atoms with van der Waals surface area (Å²) >= 11 is 2.37. The molecule has 0 aromatic heterocycles. The van der Waals surface area contributed by atoms with Crippen LogP contribution in [0.2, 0.25) is 36.3 Å². The first-order chi connectivity index (χ1) is 12.3. The molecule has 0 saturated carbocycles. The Bertz CT molecular complexity index is 490. The molecule has 28 heavy (non-hydrogen) atoms. The summed E-state index contributed by atoms with van der Waals surface area (Å²) < 4.78 is 14.7. The molecular weight excluding hydrogens is 491 g/mol. The third-order valence-corrected chi connectivity index (χ3v) is 17.1. The molecule has 2 nitrogen and oxygen atoms in total. The van der Waals surface area contributed by atoms with Gasteiger partial charge < -0.3 is 8.85 Å². The van der Waals surface area contributed by atoms with Gasteiger partial charge in [-0.1, -0.05) is 62.0 Å². The summed E-state index contributed by atoms with van der Waals surface area (Å²) in [6, 6.07) is 0. The van der Waals surface area contributed by atoms with Crippen LogP contribution in [0.25, 0.3) is 0 Å². The van der Waals surface area contributed by atoms with Crippen molar-refractivity contribution in [3.05, 3.63) is 10.2 Å². The Balaban J connectivity index is 5.12. The molecule has 5 heteroatoms. The van der Waals surface area contributed by atoms with E-state index in [4.69, 9.17) is 8.85 Å². The minimum atomic E-state index is -1.81. The second-order valence-corrected chi connectivity index (χ2v) is 22.8. The van der Waals surface area contributed by atoms with Crippen LogP contribution in [0.3, 0.4) is 0 Å². The zero-order chi connectivity index (χ0) is 22.6. The predicted molar refractivity (Wildman–Crippen MR) is 141 cm³/mol. The molecule has 3 unspecified atom stereocenters. The lowest BCUT2D eigenvalue weighted by Crippen LogP contribution is -2.48. The SMILES string of the molecule is C=C(I)C(C)CC(C)CCC(CO[Si](C)(C)C(C)(C)C)O[Si](C)(C)C(C)(C)C. The van der Waals surface area contributed by atoms with Gasteiger partial charge in [0.1, 0.15) is 0 Å². The topological polar surface area (TPSA) is 18.5 Å². The number of hydrogen-bond acceptors (Lipinski definition) is 2. The molecule has 0 radical (unpaired) electrons. The van der Waals surface area contributed by atoms with Crippen molar-refractivity contribution < 1.29 is 8.85 Å². The Labute approximate surface area is 193 Å². The second kappa shape index (κ2) is 10.9. The van der Waals surface area contributed by atoms with Crippen LogP contribution < -0.4 is 0 Å². The van der Waals surface area contributed by atoms with E-state index in [2.05, 4.69) is 111 Å². The Morgan fingerprint density at radius 3 is 1.75 bits per heavy atom. The van der Waals surface area contributed by atoms with Gasteiger partial charge in [0, 0.05) is 0 Å². The molecule has 0 saturated heterocycles. The highest BCUT2D eigenvalue weighted by Gasteiger charge is 2.41. The van der Waals surface area contributed by atoms with Crippen molar-refractivity contribution in [2.45, 2.75) is 117 Å². The first-order valence-electron chi connectivity index (χ1n) is 11.0. The van der Waals surface area contributed by atoms with E-state index in [-0.39, 0.29) is 16.2 Å². The third-order valence-electron chi connectivity index (χ3n) is 6.98. The standard InChI is InChI=1S/C23H49IO2Si2/c1-18(16-19(2)20(3)24)14-15-21(26-28(12,13)23(7,8)9)17-25-27(10,11)22(4,5)6/h18-19,21H,3,14-17H2,1-2,4-13H3. The first-order valence-corrected chi connectivity index (χ1v) is 17.9. The third kappa shape index (κ3) is 9.75. The van der Waals surface area contributed by atoms with Crippen LogP contribution in [0, 0.1) is 11.8 Å². The van der Waals surface area contributed by atoms with Crippen molar-refractivity contribution >= 4 is 39.2 Å². The average molecular weight is 541 g/mol. The average Bonchev–Trinajstić information content (AvgIpc) is 2.47. The Hall–Kier alpha value is 0.824. The zero-order valence-electron chi connectivity index (χ0n) is 21.0. The molecular formula is C23H49IO2Si2. The largest absolute Gasteiger partial charge is 0.414 e. The van der Waals surface area contributed by atoms with Crippen molar-refractivity contribution in [3.8, 4) is 0 Å². The van der Waals surface area contributed by atoms with E-state index in [0.717, 1.165) is 13.0 Å². The van der Waals surface area contributed by atoms with Gasteiger partial charge in [-0.25, -0.2) is 0 Å². The Kier molecular flexibility index (Phi) is 11.2. The molecule has 0 N–H and O–H groups in total. The van der Waals surface area contributed by atoms with Gasteiger partial charge in [0.05, 0.1) is 12.7 Å². The minimum Gasteiger partial charge on any atom is -0.414 e. The van der Waals surface area contributed by atoms with E-state index in [0.29, 0.717) is 11.8 Å². The van der Waals surface area contributed by atoms with Crippen molar-refractivity contribution in [1.82, 2.24) is 0 Å². The fraction of sp³-hybridized carbons (Fsp3) is 0.913. The lowest BCUT2D eigenvalue weighted by Gasteiger charge is -2.42. The zero-order valence-corrected chi connectivity index (χ0v) is 25.1. The summed E-state index contributed by atoms with van der Waals surface area (Å²) in [5, 5.41) is 0.458. The van der Waals surface area contributed by atoms with Crippen molar-refractivity contribution in [2.75, 3.05) is 6.61 Å². The summed E-state index contributed by atoms with van der Waals surface area (Å²) in [4.78, 5) is 0. The minimum absolute atomic E-state index is 0.204. The molecule has 0 bridgehead atoms. The van der Waals surface area contributed by atoms with Gasteiger partial charge in [-0.15, -0.1) is 0 Å². The fourth-order valence-corrected chi connectivity index (χ4v) is 5.27. The molecule has 0 aromatic carbocycles. The van der Waals surface area contributed by atoms with E-state index in [9.17, 15) is 0 Å². The quantitative estimate of drug-likeness (QED) is 0.193. The maximum atomic E-state index is 6.83. The maximum absolute atomic E-state index is 6.83. The van der Waals surface area contributed by atoms with Crippen molar-refractivity contribution in [3.63, 3.8) is 0 Å². The van der Waals surface area contributed by atoms with Crippen LogP contribution in [0.15, 0.2) is 10.2 Å². The molecule has 0 amide bonds. The summed E-state index contributed by atoms with van der Waals surface area (Å²) in [6.07, 6.45) is 3.69. The molecule has 0 aromatic rings.